The fourth-order valence-corrected chi connectivity index (χ4v) is 4.51. The molecule has 0 N–H and O–H groups in total. The Bertz CT molecular complexity index is 338. The molecule has 1 saturated heterocycles. The Morgan fingerprint density at radius 2 is 1.25 bits per heavy atom. The van der Waals surface area contributed by atoms with Gasteiger partial charge >= 0.3 is 5.97 Å². The van der Waals surface area contributed by atoms with Gasteiger partial charge in [0.15, 0.2) is 6.54 Å². The van der Waals surface area contributed by atoms with Gasteiger partial charge in [-0.1, -0.05) is 44.9 Å². The number of rotatable bonds is 4. The summed E-state index contributed by atoms with van der Waals surface area (Å²) in [7, 11) is 0. The van der Waals surface area contributed by atoms with Gasteiger partial charge < -0.3 is 9.22 Å². The molecule has 2 aliphatic rings. The number of carbonyl (C=O) groups excluding carboxylic acids is 1. The van der Waals surface area contributed by atoms with Crippen LogP contribution >= 0.6 is 0 Å². The van der Waals surface area contributed by atoms with Crippen LogP contribution in [-0.4, -0.2) is 42.7 Å². The molecule has 0 aromatic carbocycles. The third-order valence-corrected chi connectivity index (χ3v) is 6.25. The fraction of sp³-hybridized carbons (Fsp3) is 0.952. The summed E-state index contributed by atoms with van der Waals surface area (Å²) in [6.45, 7) is 6.23. The Kier molecular flexibility index (Phi) is 9.15. The van der Waals surface area contributed by atoms with Crippen LogP contribution in [0.2, 0.25) is 0 Å². The van der Waals surface area contributed by atoms with Crippen molar-refractivity contribution < 1.29 is 14.0 Å². The summed E-state index contributed by atoms with van der Waals surface area (Å²) in [5.41, 5.74) is 0. The molecule has 140 valence electrons. The molecule has 0 atom stereocenters. The van der Waals surface area contributed by atoms with Crippen LogP contribution in [0.25, 0.3) is 0 Å². The molecule has 0 aromatic heterocycles. The molecule has 0 bridgehead atoms. The summed E-state index contributed by atoms with van der Waals surface area (Å²) in [6, 6.07) is 0. The quantitative estimate of drug-likeness (QED) is 0.518. The van der Waals surface area contributed by atoms with E-state index in [1.54, 1.807) is 0 Å². The first-order chi connectivity index (χ1) is 11.7. The summed E-state index contributed by atoms with van der Waals surface area (Å²) in [6.07, 6.45) is 18.2. The number of carbonyl (C=O) groups is 1. The van der Waals surface area contributed by atoms with Crippen LogP contribution in [0.5, 0.6) is 0 Å². The van der Waals surface area contributed by atoms with E-state index in [0.29, 0.717) is 6.54 Å². The maximum Gasteiger partial charge on any atom is 0.362 e. The number of piperidine rings is 1. The molecule has 3 heteroatoms. The van der Waals surface area contributed by atoms with Crippen molar-refractivity contribution in [2.75, 3.05) is 26.2 Å². The highest BCUT2D eigenvalue weighted by molar-refractivity contribution is 5.70. The predicted octanol–water partition coefficient (Wildman–Crippen LogP) is 5.22. The maximum atomic E-state index is 12.6. The SMILES string of the molecule is CC[N+]1(CC(=O)OC2CCCCCCCCCCC2)CCCCC1. The van der Waals surface area contributed by atoms with Crippen molar-refractivity contribution >= 4 is 5.97 Å². The third kappa shape index (κ3) is 7.13. The first-order valence-electron chi connectivity index (χ1n) is 10.8. The van der Waals surface area contributed by atoms with E-state index in [4.69, 9.17) is 4.74 Å². The Labute approximate surface area is 149 Å². The lowest BCUT2D eigenvalue weighted by atomic mass is 9.99. The molecular weight excluding hydrogens is 298 g/mol. The highest BCUT2D eigenvalue weighted by Gasteiger charge is 2.32. The van der Waals surface area contributed by atoms with Crippen molar-refractivity contribution in [2.45, 2.75) is 103 Å². The van der Waals surface area contributed by atoms with Crippen molar-refractivity contribution in [3.63, 3.8) is 0 Å². The highest BCUT2D eigenvalue weighted by atomic mass is 16.5. The van der Waals surface area contributed by atoms with Crippen LogP contribution in [-0.2, 0) is 9.53 Å². The minimum absolute atomic E-state index is 0.0656. The minimum Gasteiger partial charge on any atom is -0.458 e. The average molecular weight is 339 g/mol. The normalized spacial score (nSPS) is 24.5. The van der Waals surface area contributed by atoms with E-state index in [1.165, 1.54) is 77.0 Å². The van der Waals surface area contributed by atoms with Crippen molar-refractivity contribution in [2.24, 2.45) is 0 Å². The van der Waals surface area contributed by atoms with E-state index >= 15 is 0 Å². The van der Waals surface area contributed by atoms with E-state index in [1.807, 2.05) is 0 Å². The van der Waals surface area contributed by atoms with Crippen LogP contribution in [0.3, 0.4) is 0 Å². The Hall–Kier alpha value is -0.570. The molecule has 0 aromatic rings. The lowest BCUT2D eigenvalue weighted by Crippen LogP contribution is -2.54. The molecule has 24 heavy (non-hydrogen) atoms. The molecule has 0 unspecified atom stereocenters. The maximum absolute atomic E-state index is 12.6. The average Bonchev–Trinajstić information content (AvgIpc) is 2.58. The number of nitrogens with zero attached hydrogens (tertiary/aromatic N) is 1. The molecule has 1 heterocycles. The lowest BCUT2D eigenvalue weighted by molar-refractivity contribution is -0.924. The second-order valence-electron chi connectivity index (χ2n) is 8.20. The van der Waals surface area contributed by atoms with Crippen molar-refractivity contribution in [1.82, 2.24) is 0 Å². The molecule has 2 fully saturated rings. The second kappa shape index (κ2) is 11.1. The number of esters is 1. The van der Waals surface area contributed by atoms with Gasteiger partial charge in [0.1, 0.15) is 6.10 Å². The molecular formula is C21H40NO2+. The summed E-state index contributed by atoms with van der Waals surface area (Å²) in [5.74, 6) is 0.0656. The van der Waals surface area contributed by atoms with Gasteiger partial charge in [0.2, 0.25) is 0 Å². The van der Waals surface area contributed by atoms with Crippen molar-refractivity contribution in [1.29, 1.82) is 0 Å². The fourth-order valence-electron chi connectivity index (χ4n) is 4.51. The van der Waals surface area contributed by atoms with Gasteiger partial charge in [-0.25, -0.2) is 4.79 Å². The van der Waals surface area contributed by atoms with Gasteiger partial charge in [0, 0.05) is 0 Å². The largest absolute Gasteiger partial charge is 0.458 e. The number of ether oxygens (including phenoxy) is 1. The van der Waals surface area contributed by atoms with E-state index in [0.717, 1.165) is 37.0 Å². The van der Waals surface area contributed by atoms with Gasteiger partial charge in [-0.15, -0.1) is 0 Å². The molecule has 3 nitrogen and oxygen atoms in total. The molecule has 1 aliphatic carbocycles. The van der Waals surface area contributed by atoms with Gasteiger partial charge in [0.05, 0.1) is 19.6 Å². The number of likely N-dealkylation sites (tertiary alicyclic amines) is 1. The van der Waals surface area contributed by atoms with Gasteiger partial charge in [-0.2, -0.15) is 0 Å². The molecule has 0 spiro atoms. The number of likely N-dealkylation sites (N-methyl/N-ethyl adjacent to an activating group) is 1. The molecule has 1 saturated carbocycles. The lowest BCUT2D eigenvalue weighted by Gasteiger charge is -2.40. The third-order valence-electron chi connectivity index (χ3n) is 6.25. The van der Waals surface area contributed by atoms with Crippen molar-refractivity contribution in [3.05, 3.63) is 0 Å². The first kappa shape index (κ1) is 19.8. The van der Waals surface area contributed by atoms with E-state index < -0.39 is 0 Å². The Morgan fingerprint density at radius 3 is 1.75 bits per heavy atom. The summed E-state index contributed by atoms with van der Waals surface area (Å²) >= 11 is 0. The van der Waals surface area contributed by atoms with Crippen LogP contribution in [0.1, 0.15) is 96.8 Å². The van der Waals surface area contributed by atoms with Crippen LogP contribution in [0.4, 0.5) is 0 Å². The topological polar surface area (TPSA) is 26.3 Å². The van der Waals surface area contributed by atoms with Gasteiger partial charge in [-0.3, -0.25) is 0 Å². The second-order valence-corrected chi connectivity index (χ2v) is 8.20. The molecule has 1 aliphatic heterocycles. The van der Waals surface area contributed by atoms with E-state index in [9.17, 15) is 4.79 Å². The summed E-state index contributed by atoms with van der Waals surface area (Å²) in [4.78, 5) is 12.6. The summed E-state index contributed by atoms with van der Waals surface area (Å²) in [5, 5.41) is 0. The smallest absolute Gasteiger partial charge is 0.362 e. The van der Waals surface area contributed by atoms with E-state index in [2.05, 4.69) is 6.92 Å². The van der Waals surface area contributed by atoms with Gasteiger partial charge in [0.25, 0.3) is 0 Å². The van der Waals surface area contributed by atoms with Gasteiger partial charge in [-0.05, 0) is 51.9 Å². The predicted molar refractivity (Wildman–Crippen MR) is 99.9 cm³/mol. The standard InChI is InChI=1S/C21H40NO2/c1-2-22(17-13-10-14-18-22)19-21(23)24-20-15-11-8-6-4-3-5-7-9-12-16-20/h20H,2-19H2,1H3/q+1. The highest BCUT2D eigenvalue weighted by Crippen LogP contribution is 2.21. The summed E-state index contributed by atoms with van der Waals surface area (Å²) < 4.78 is 6.93. The van der Waals surface area contributed by atoms with Crippen LogP contribution < -0.4 is 0 Å². The number of quaternary nitrogens is 1. The van der Waals surface area contributed by atoms with Crippen molar-refractivity contribution in [3.8, 4) is 0 Å². The molecule has 0 radical (unpaired) electrons. The Balaban J connectivity index is 1.79. The van der Waals surface area contributed by atoms with Crippen LogP contribution in [0.15, 0.2) is 0 Å². The monoisotopic (exact) mass is 338 g/mol. The zero-order valence-corrected chi connectivity index (χ0v) is 16.1. The zero-order chi connectivity index (χ0) is 17.1. The van der Waals surface area contributed by atoms with Crippen LogP contribution in [0, 0.1) is 0 Å². The molecule has 0 amide bonds. The zero-order valence-electron chi connectivity index (χ0n) is 16.1. The number of hydrogen-bond donors (Lipinski definition) is 0. The first-order valence-corrected chi connectivity index (χ1v) is 10.8. The molecule has 2 rings (SSSR count). The Morgan fingerprint density at radius 1 is 0.792 bits per heavy atom. The number of hydrogen-bond acceptors (Lipinski definition) is 2. The van der Waals surface area contributed by atoms with E-state index in [-0.39, 0.29) is 12.1 Å². The minimum atomic E-state index is 0.0656.